The van der Waals surface area contributed by atoms with E-state index in [0.29, 0.717) is 17.5 Å². The molecule has 1 atom stereocenters. The highest BCUT2D eigenvalue weighted by Crippen LogP contribution is 2.52. The van der Waals surface area contributed by atoms with Crippen molar-refractivity contribution in [1.82, 2.24) is 9.80 Å². The number of quaternary nitrogens is 1. The van der Waals surface area contributed by atoms with Crippen LogP contribution in [0.5, 0.6) is 0 Å². The van der Waals surface area contributed by atoms with Gasteiger partial charge >= 0.3 is 6.03 Å². The van der Waals surface area contributed by atoms with Crippen LogP contribution in [0.25, 0.3) is 0 Å². The van der Waals surface area contributed by atoms with E-state index in [-0.39, 0.29) is 21.7 Å². The van der Waals surface area contributed by atoms with Gasteiger partial charge in [0.1, 0.15) is 18.0 Å². The van der Waals surface area contributed by atoms with Crippen molar-refractivity contribution in [3.8, 4) is 0 Å². The van der Waals surface area contributed by atoms with Crippen LogP contribution in [0, 0.1) is 11.7 Å². The van der Waals surface area contributed by atoms with E-state index in [9.17, 15) is 9.18 Å². The molecule has 1 unspecified atom stereocenters. The fourth-order valence-electron chi connectivity index (χ4n) is 5.26. The van der Waals surface area contributed by atoms with Gasteiger partial charge in [-0.2, -0.15) is 0 Å². The van der Waals surface area contributed by atoms with Crippen LogP contribution >= 0.6 is 11.6 Å². The smallest absolute Gasteiger partial charge is 0.317 e. The lowest BCUT2D eigenvalue weighted by atomic mass is 9.74. The van der Waals surface area contributed by atoms with E-state index in [1.807, 2.05) is 18.2 Å². The Balaban J connectivity index is 1.58. The van der Waals surface area contributed by atoms with Crippen molar-refractivity contribution in [2.75, 3.05) is 31.5 Å². The molecule has 3 aliphatic rings. The highest BCUT2D eigenvalue weighted by atomic mass is 35.5. The monoisotopic (exact) mass is 414 g/mol. The average Bonchev–Trinajstić information content (AvgIpc) is 3.49. The van der Waals surface area contributed by atoms with Crippen molar-refractivity contribution in [3.63, 3.8) is 0 Å². The van der Waals surface area contributed by atoms with Crippen LogP contribution in [-0.4, -0.2) is 32.2 Å². The zero-order valence-electron chi connectivity index (χ0n) is 16.4. The van der Waals surface area contributed by atoms with Crippen LogP contribution in [0.3, 0.4) is 0 Å². The number of rotatable bonds is 3. The molecule has 2 aromatic rings. The van der Waals surface area contributed by atoms with E-state index in [4.69, 9.17) is 11.6 Å². The van der Waals surface area contributed by atoms with Crippen molar-refractivity contribution >= 4 is 29.0 Å². The van der Waals surface area contributed by atoms with Gasteiger partial charge in [-0.05, 0) is 75.2 Å². The maximum absolute atomic E-state index is 14.3. The van der Waals surface area contributed by atoms with Crippen LogP contribution in [-0.2, 0) is 5.41 Å². The van der Waals surface area contributed by atoms with Crippen LogP contribution < -0.4 is 15.1 Å². The number of urea groups is 1. The number of hydrogen-bond acceptors (Lipinski definition) is 2. The van der Waals surface area contributed by atoms with Crippen molar-refractivity contribution < 1.29 is 9.18 Å². The standard InChI is InChI=1S/C23H25ClFN3O/c24-17-3-6-19(7-4-17)27-22(29)28(14-16-1-2-16)15-23(9-11-26-12-10-23)20-13-18(25)5-8-21(20)28/h3-8,13,16,26H,1-2,9-12,14-15H2/p+1. The number of piperidine rings is 1. The molecule has 1 spiro atoms. The van der Waals surface area contributed by atoms with Gasteiger partial charge in [-0.1, -0.05) is 11.6 Å². The van der Waals surface area contributed by atoms with Crippen LogP contribution in [0.2, 0.25) is 5.02 Å². The van der Waals surface area contributed by atoms with Crippen molar-refractivity contribution in [1.29, 1.82) is 0 Å². The van der Waals surface area contributed by atoms with Crippen molar-refractivity contribution in [2.24, 2.45) is 5.92 Å². The summed E-state index contributed by atoms with van der Waals surface area (Å²) in [5.74, 6) is 0.340. The average molecular weight is 415 g/mol. The Morgan fingerprint density at radius 2 is 1.90 bits per heavy atom. The molecule has 2 aromatic carbocycles. The van der Waals surface area contributed by atoms with Gasteiger partial charge in [0.05, 0.1) is 12.0 Å². The zero-order valence-corrected chi connectivity index (χ0v) is 17.1. The maximum Gasteiger partial charge on any atom is 0.426 e. The second-order valence-electron chi connectivity index (χ2n) is 8.88. The fourth-order valence-corrected chi connectivity index (χ4v) is 5.38. The van der Waals surface area contributed by atoms with Crippen molar-refractivity contribution in [2.45, 2.75) is 31.1 Å². The van der Waals surface area contributed by atoms with Crippen LogP contribution in [0.15, 0.2) is 42.5 Å². The van der Waals surface area contributed by atoms with E-state index in [2.05, 4.69) is 10.6 Å². The maximum atomic E-state index is 14.3. The summed E-state index contributed by atoms with van der Waals surface area (Å²) in [6.45, 7) is 3.30. The fraction of sp³-hybridized carbons (Fsp3) is 0.435. The number of carbonyl (C=O) groups excluding carboxylic acids is 1. The molecular formula is C23H26ClFN3O+. The van der Waals surface area contributed by atoms with Gasteiger partial charge in [-0.15, -0.1) is 0 Å². The summed E-state index contributed by atoms with van der Waals surface area (Å²) < 4.78 is 14.5. The van der Waals surface area contributed by atoms with Crippen molar-refractivity contribution in [3.05, 3.63) is 58.9 Å². The first-order valence-electron chi connectivity index (χ1n) is 10.5. The normalized spacial score (nSPS) is 25.0. The summed E-state index contributed by atoms with van der Waals surface area (Å²) in [5, 5.41) is 7.19. The number of benzene rings is 2. The van der Waals surface area contributed by atoms with Crippen LogP contribution in [0.1, 0.15) is 31.2 Å². The van der Waals surface area contributed by atoms with E-state index in [1.54, 1.807) is 18.2 Å². The molecule has 2 heterocycles. The molecule has 4 nitrogen and oxygen atoms in total. The Kier molecular flexibility index (Phi) is 4.65. The Morgan fingerprint density at radius 1 is 1.17 bits per heavy atom. The van der Waals surface area contributed by atoms with E-state index in [1.165, 1.54) is 18.9 Å². The van der Waals surface area contributed by atoms with Gasteiger partial charge in [0.2, 0.25) is 0 Å². The number of amides is 2. The number of halogens is 2. The Hall–Kier alpha value is -1.95. The van der Waals surface area contributed by atoms with Gasteiger partial charge < -0.3 is 5.32 Å². The molecule has 0 bridgehead atoms. The number of fused-ring (bicyclic) bond motifs is 2. The zero-order chi connectivity index (χ0) is 20.1. The molecule has 1 saturated heterocycles. The highest BCUT2D eigenvalue weighted by molar-refractivity contribution is 6.30. The molecule has 5 rings (SSSR count). The molecule has 2 fully saturated rings. The molecule has 0 aromatic heterocycles. The first kappa shape index (κ1) is 19.0. The van der Waals surface area contributed by atoms with Gasteiger partial charge in [0, 0.05) is 28.3 Å². The predicted octanol–water partition coefficient (Wildman–Crippen LogP) is 5.06. The lowest BCUT2D eigenvalue weighted by molar-refractivity contribution is 0.192. The molecular weight excluding hydrogens is 389 g/mol. The summed E-state index contributed by atoms with van der Waals surface area (Å²) in [4.78, 5) is 13.8. The minimum atomic E-state index is -0.216. The second-order valence-corrected chi connectivity index (χ2v) is 9.32. The molecule has 2 N–H and O–H groups in total. The van der Waals surface area contributed by atoms with Gasteiger partial charge in [0.15, 0.2) is 0 Å². The highest BCUT2D eigenvalue weighted by Gasteiger charge is 2.58. The number of anilines is 1. The number of hydrogen-bond donors (Lipinski definition) is 2. The van der Waals surface area contributed by atoms with E-state index >= 15 is 0 Å². The summed E-state index contributed by atoms with van der Waals surface area (Å²) in [6, 6.07) is 12.2. The number of nitrogens with zero attached hydrogens (tertiary/aromatic N) is 1. The molecule has 2 aliphatic heterocycles. The number of nitrogens with one attached hydrogen (secondary N) is 2. The summed E-state index contributed by atoms with van der Waals surface area (Å²) in [7, 11) is 0. The Labute approximate surface area is 175 Å². The summed E-state index contributed by atoms with van der Waals surface area (Å²) in [6.07, 6.45) is 4.20. The predicted molar refractivity (Wildman–Crippen MR) is 115 cm³/mol. The lowest BCUT2D eigenvalue weighted by Gasteiger charge is -2.37. The minimum absolute atomic E-state index is 0.0255. The molecule has 1 saturated carbocycles. The lowest BCUT2D eigenvalue weighted by Crippen LogP contribution is -2.59. The molecule has 29 heavy (non-hydrogen) atoms. The SMILES string of the molecule is O=C(Nc1ccc(Cl)cc1)[N+]1(CC2CC2)CC2(CCNCC2)c2cc(F)ccc21. The number of carbonyl (C=O) groups is 1. The quantitative estimate of drug-likeness (QED) is 0.689. The van der Waals surface area contributed by atoms with E-state index < -0.39 is 0 Å². The topological polar surface area (TPSA) is 41.1 Å². The Bertz CT molecular complexity index is 938. The minimum Gasteiger partial charge on any atom is -0.317 e. The third-order valence-electron chi connectivity index (χ3n) is 6.88. The molecule has 152 valence electrons. The second kappa shape index (κ2) is 7.08. The Morgan fingerprint density at radius 3 is 2.59 bits per heavy atom. The van der Waals surface area contributed by atoms with Gasteiger partial charge in [0.25, 0.3) is 0 Å². The molecule has 2 amide bonds. The van der Waals surface area contributed by atoms with Gasteiger partial charge in [-0.25, -0.2) is 13.7 Å². The molecule has 0 radical (unpaired) electrons. The third kappa shape index (κ3) is 3.35. The van der Waals surface area contributed by atoms with Crippen LogP contribution in [0.4, 0.5) is 20.6 Å². The molecule has 1 aliphatic carbocycles. The van der Waals surface area contributed by atoms with E-state index in [0.717, 1.165) is 49.4 Å². The summed E-state index contributed by atoms with van der Waals surface area (Å²) >= 11 is 6.00. The largest absolute Gasteiger partial charge is 0.426 e. The first-order valence-corrected chi connectivity index (χ1v) is 10.8. The summed E-state index contributed by atoms with van der Waals surface area (Å²) in [5.41, 5.74) is 2.61. The third-order valence-corrected chi connectivity index (χ3v) is 7.13. The van der Waals surface area contributed by atoms with Gasteiger partial charge in [-0.3, -0.25) is 5.32 Å². The molecule has 6 heteroatoms. The first-order chi connectivity index (χ1) is 14.0.